The van der Waals surface area contributed by atoms with Crippen LogP contribution in [0.15, 0.2) is 34.8 Å². The number of aliphatic hydroxyl groups excluding tert-OH is 1. The normalized spacial score (nSPS) is 11.2. The summed E-state index contributed by atoms with van der Waals surface area (Å²) in [6, 6.07) is 8.26. The van der Waals surface area contributed by atoms with Crippen molar-refractivity contribution in [3.63, 3.8) is 0 Å². The minimum atomic E-state index is -3.58. The van der Waals surface area contributed by atoms with Crippen LogP contribution in [-0.2, 0) is 16.7 Å². The first kappa shape index (κ1) is 18.6. The van der Waals surface area contributed by atoms with E-state index in [9.17, 15) is 13.5 Å². The molecule has 130 valence electrons. The molecule has 6 nitrogen and oxygen atoms in total. The summed E-state index contributed by atoms with van der Waals surface area (Å²) in [7, 11) is -0.538. The molecule has 24 heavy (non-hydrogen) atoms. The molecule has 0 saturated carbocycles. The van der Waals surface area contributed by atoms with Crippen molar-refractivity contribution in [1.82, 2.24) is 0 Å². The van der Waals surface area contributed by atoms with Crippen LogP contribution in [-0.4, -0.2) is 34.0 Å². The monoisotopic (exact) mass is 416 g/mol. The van der Waals surface area contributed by atoms with Crippen LogP contribution in [0.2, 0.25) is 0 Å². The van der Waals surface area contributed by atoms with Gasteiger partial charge < -0.3 is 18.8 Å². The number of hydrogen-bond acceptors (Lipinski definition) is 6. The van der Waals surface area contributed by atoms with Crippen LogP contribution < -0.4 is 13.7 Å². The third-order valence-corrected chi connectivity index (χ3v) is 4.64. The Morgan fingerprint density at radius 1 is 1.12 bits per heavy atom. The first-order valence-electron chi connectivity index (χ1n) is 6.84. The van der Waals surface area contributed by atoms with Gasteiger partial charge in [-0.05, 0) is 39.7 Å². The molecule has 2 aromatic carbocycles. The van der Waals surface area contributed by atoms with Crippen molar-refractivity contribution >= 4 is 26.0 Å². The van der Waals surface area contributed by atoms with Gasteiger partial charge in [-0.15, -0.1) is 0 Å². The molecule has 0 atom stereocenters. The van der Waals surface area contributed by atoms with Crippen molar-refractivity contribution in [3.8, 4) is 28.4 Å². The summed E-state index contributed by atoms with van der Waals surface area (Å²) >= 11 is 3.39. The quantitative estimate of drug-likeness (QED) is 0.728. The molecule has 0 unspecified atom stereocenters. The van der Waals surface area contributed by atoms with Gasteiger partial charge in [-0.25, -0.2) is 0 Å². The maximum absolute atomic E-state index is 11.2. The lowest BCUT2D eigenvalue weighted by Crippen LogP contribution is -2.05. The first-order valence-corrected chi connectivity index (χ1v) is 9.45. The lowest BCUT2D eigenvalue weighted by Gasteiger charge is -2.17. The van der Waals surface area contributed by atoms with Gasteiger partial charge >= 0.3 is 10.1 Å². The summed E-state index contributed by atoms with van der Waals surface area (Å²) in [5.41, 5.74) is 2.02. The van der Waals surface area contributed by atoms with Gasteiger partial charge in [0.25, 0.3) is 0 Å². The van der Waals surface area contributed by atoms with Gasteiger partial charge in [0.05, 0.1) is 31.6 Å². The Balaban J connectivity index is 2.55. The second-order valence-electron chi connectivity index (χ2n) is 4.92. The number of rotatable bonds is 6. The van der Waals surface area contributed by atoms with E-state index >= 15 is 0 Å². The van der Waals surface area contributed by atoms with E-state index in [1.165, 1.54) is 14.2 Å². The molecule has 0 saturated heterocycles. The van der Waals surface area contributed by atoms with Gasteiger partial charge in [-0.3, -0.25) is 0 Å². The van der Waals surface area contributed by atoms with Crippen molar-refractivity contribution in [3.05, 3.63) is 40.4 Å². The summed E-state index contributed by atoms with van der Waals surface area (Å²) < 4.78 is 38.5. The Bertz CT molecular complexity index is 831. The fourth-order valence-electron chi connectivity index (χ4n) is 2.27. The average Bonchev–Trinajstić information content (AvgIpc) is 2.53. The van der Waals surface area contributed by atoms with Crippen molar-refractivity contribution in [2.24, 2.45) is 0 Å². The number of aliphatic hydroxyl groups is 1. The Morgan fingerprint density at radius 3 is 2.21 bits per heavy atom. The molecule has 0 heterocycles. The minimum absolute atomic E-state index is 0.215. The molecule has 0 aliphatic heterocycles. The van der Waals surface area contributed by atoms with Crippen LogP contribution >= 0.6 is 15.9 Å². The highest BCUT2D eigenvalue weighted by Gasteiger charge is 2.18. The fourth-order valence-corrected chi connectivity index (χ4v) is 3.32. The highest BCUT2D eigenvalue weighted by molar-refractivity contribution is 9.10. The second-order valence-corrected chi connectivity index (χ2v) is 7.29. The van der Waals surface area contributed by atoms with Gasteiger partial charge in [-0.1, -0.05) is 12.1 Å². The van der Waals surface area contributed by atoms with Crippen LogP contribution in [0.3, 0.4) is 0 Å². The number of methoxy groups -OCH3 is 2. The average molecular weight is 417 g/mol. The van der Waals surface area contributed by atoms with Crippen LogP contribution in [0.25, 0.3) is 11.1 Å². The molecule has 0 spiro atoms. The van der Waals surface area contributed by atoms with E-state index in [4.69, 9.17) is 13.7 Å². The van der Waals surface area contributed by atoms with Gasteiger partial charge in [0.2, 0.25) is 0 Å². The zero-order valence-corrected chi connectivity index (χ0v) is 15.8. The first-order chi connectivity index (χ1) is 11.3. The molecule has 2 aromatic rings. The van der Waals surface area contributed by atoms with Crippen molar-refractivity contribution in [2.75, 3.05) is 20.5 Å². The summed E-state index contributed by atoms with van der Waals surface area (Å²) in [5.74, 6) is 1.26. The summed E-state index contributed by atoms with van der Waals surface area (Å²) in [5, 5.41) is 9.64. The van der Waals surface area contributed by atoms with E-state index in [0.29, 0.717) is 27.1 Å². The lowest BCUT2D eigenvalue weighted by molar-refractivity contribution is 0.272. The summed E-state index contributed by atoms with van der Waals surface area (Å²) in [6.45, 7) is -0.233. The highest BCUT2D eigenvalue weighted by Crippen LogP contribution is 2.43. The summed E-state index contributed by atoms with van der Waals surface area (Å²) in [6.07, 6.45) is 0.983. The number of ether oxygens (including phenoxy) is 2. The van der Waals surface area contributed by atoms with Crippen molar-refractivity contribution < 1.29 is 27.2 Å². The molecule has 1 N–H and O–H groups in total. The molecule has 0 aliphatic carbocycles. The van der Waals surface area contributed by atoms with Gasteiger partial charge in [0.15, 0.2) is 0 Å². The minimum Gasteiger partial charge on any atom is -0.496 e. The second kappa shape index (κ2) is 7.42. The Labute approximate surface area is 149 Å². The van der Waals surface area contributed by atoms with Crippen LogP contribution in [0.4, 0.5) is 0 Å². The van der Waals surface area contributed by atoms with Crippen LogP contribution in [0.1, 0.15) is 5.56 Å². The third kappa shape index (κ3) is 4.00. The largest absolute Gasteiger partial charge is 0.496 e. The van der Waals surface area contributed by atoms with E-state index in [-0.39, 0.29) is 12.4 Å². The van der Waals surface area contributed by atoms with Gasteiger partial charge in [0, 0.05) is 11.1 Å². The SMILES string of the molecule is COc1cc(-c2ccc(OS(C)(=O)=O)cc2)c(OC)c(CO)c1Br. The maximum atomic E-state index is 11.2. The zero-order valence-electron chi connectivity index (χ0n) is 13.4. The predicted octanol–water partition coefficient (Wildman–Crippen LogP) is 2.96. The van der Waals surface area contributed by atoms with E-state index in [1.54, 1.807) is 30.3 Å². The van der Waals surface area contributed by atoms with Crippen LogP contribution in [0.5, 0.6) is 17.2 Å². The smallest absolute Gasteiger partial charge is 0.306 e. The number of hydrogen-bond donors (Lipinski definition) is 1. The summed E-state index contributed by atoms with van der Waals surface area (Å²) in [4.78, 5) is 0. The molecule has 0 aromatic heterocycles. The molecule has 0 radical (unpaired) electrons. The zero-order chi connectivity index (χ0) is 17.9. The molecular formula is C16H17BrO6S. The van der Waals surface area contributed by atoms with E-state index in [0.717, 1.165) is 11.8 Å². The molecular weight excluding hydrogens is 400 g/mol. The van der Waals surface area contributed by atoms with E-state index in [1.807, 2.05) is 0 Å². The molecule has 0 bridgehead atoms. The van der Waals surface area contributed by atoms with E-state index in [2.05, 4.69) is 15.9 Å². The standard InChI is InChI=1S/C16H17BrO6S/c1-21-14-8-12(16(22-2)13(9-18)15(14)17)10-4-6-11(7-5-10)23-24(3,19)20/h4-8,18H,9H2,1-3H3. The van der Waals surface area contributed by atoms with Gasteiger partial charge in [-0.2, -0.15) is 8.42 Å². The topological polar surface area (TPSA) is 82.1 Å². The Kier molecular flexibility index (Phi) is 5.74. The van der Waals surface area contributed by atoms with E-state index < -0.39 is 10.1 Å². The highest BCUT2D eigenvalue weighted by atomic mass is 79.9. The number of benzene rings is 2. The van der Waals surface area contributed by atoms with Crippen molar-refractivity contribution in [2.45, 2.75) is 6.61 Å². The molecule has 8 heteroatoms. The lowest BCUT2D eigenvalue weighted by atomic mass is 10.0. The van der Waals surface area contributed by atoms with Gasteiger partial charge in [0.1, 0.15) is 17.2 Å². The molecule has 2 rings (SSSR count). The molecule has 0 aliphatic rings. The number of halogens is 1. The maximum Gasteiger partial charge on any atom is 0.306 e. The fraction of sp³-hybridized carbons (Fsp3) is 0.250. The molecule has 0 fully saturated rings. The van der Waals surface area contributed by atoms with Crippen molar-refractivity contribution in [1.29, 1.82) is 0 Å². The van der Waals surface area contributed by atoms with Crippen LogP contribution in [0, 0.1) is 0 Å². The Morgan fingerprint density at radius 2 is 1.75 bits per heavy atom. The predicted molar refractivity (Wildman–Crippen MR) is 94.1 cm³/mol. The molecule has 0 amide bonds. The Hall–Kier alpha value is -1.77. The third-order valence-electron chi connectivity index (χ3n) is 3.27.